The summed E-state index contributed by atoms with van der Waals surface area (Å²) in [6, 6.07) is 6.40. The Kier molecular flexibility index (Phi) is 5.36. The lowest BCUT2D eigenvalue weighted by Crippen LogP contribution is -2.14. The van der Waals surface area contributed by atoms with Gasteiger partial charge in [0.1, 0.15) is 24.5 Å². The van der Waals surface area contributed by atoms with Crippen molar-refractivity contribution >= 4 is 5.82 Å². The van der Waals surface area contributed by atoms with Crippen LogP contribution in [0.2, 0.25) is 0 Å². The molecule has 4 heteroatoms. The van der Waals surface area contributed by atoms with Crippen molar-refractivity contribution in [3.8, 4) is 5.75 Å². The molecule has 0 saturated heterocycles. The lowest BCUT2D eigenvalue weighted by Gasteiger charge is -2.13. The van der Waals surface area contributed by atoms with E-state index >= 15 is 0 Å². The second kappa shape index (κ2) is 7.25. The number of ether oxygens (including phenoxy) is 1. The normalized spacial score (nSPS) is 10.8. The van der Waals surface area contributed by atoms with E-state index in [4.69, 9.17) is 4.74 Å². The molecule has 118 valence electrons. The smallest absolute Gasteiger partial charge is 0.132 e. The molecular formula is C18H25N3O. The van der Waals surface area contributed by atoms with Gasteiger partial charge in [-0.15, -0.1) is 0 Å². The van der Waals surface area contributed by atoms with Crippen molar-refractivity contribution in [3.63, 3.8) is 0 Å². The molecule has 0 bridgehead atoms. The lowest BCUT2D eigenvalue weighted by atomic mass is 10.0. The minimum Gasteiger partial charge on any atom is -0.491 e. The van der Waals surface area contributed by atoms with Crippen molar-refractivity contribution in [3.05, 3.63) is 46.9 Å². The molecule has 0 aliphatic rings. The van der Waals surface area contributed by atoms with Gasteiger partial charge in [0.2, 0.25) is 0 Å². The number of nitrogens with one attached hydrogen (secondary N) is 1. The molecule has 0 saturated carbocycles. The zero-order valence-electron chi connectivity index (χ0n) is 14.1. The molecule has 0 aliphatic heterocycles. The molecule has 2 aromatic rings. The molecule has 4 nitrogen and oxygen atoms in total. The molecule has 0 radical (unpaired) electrons. The van der Waals surface area contributed by atoms with Crippen LogP contribution in [0, 0.1) is 20.8 Å². The molecule has 1 aromatic carbocycles. The van der Waals surface area contributed by atoms with Crippen LogP contribution in [0.15, 0.2) is 24.5 Å². The topological polar surface area (TPSA) is 47.0 Å². The molecule has 0 spiro atoms. The summed E-state index contributed by atoms with van der Waals surface area (Å²) in [5.74, 6) is 2.36. The average Bonchev–Trinajstić information content (AvgIpc) is 2.48. The number of aromatic nitrogens is 2. The first-order valence-corrected chi connectivity index (χ1v) is 7.74. The predicted octanol–water partition coefficient (Wildman–Crippen LogP) is 4.02. The summed E-state index contributed by atoms with van der Waals surface area (Å²) in [7, 11) is 0. The predicted molar refractivity (Wildman–Crippen MR) is 90.8 cm³/mol. The maximum atomic E-state index is 5.86. The van der Waals surface area contributed by atoms with Gasteiger partial charge in [-0.25, -0.2) is 9.97 Å². The average molecular weight is 299 g/mol. The number of nitrogens with zero attached hydrogens (tertiary/aromatic N) is 2. The fourth-order valence-corrected chi connectivity index (χ4v) is 2.24. The van der Waals surface area contributed by atoms with Gasteiger partial charge >= 0.3 is 0 Å². The van der Waals surface area contributed by atoms with Crippen LogP contribution in [0.5, 0.6) is 5.75 Å². The standard InChI is InChI=1S/C18H25N3O/c1-12(2)16-6-7-17(13(3)10-16)22-9-8-19-18-14(4)15(5)20-11-21-18/h6-7,10-12H,8-9H2,1-5H3,(H,19,20,21). The van der Waals surface area contributed by atoms with Crippen molar-refractivity contribution < 1.29 is 4.74 Å². The Morgan fingerprint density at radius 3 is 2.59 bits per heavy atom. The van der Waals surface area contributed by atoms with Gasteiger partial charge in [0.15, 0.2) is 0 Å². The van der Waals surface area contributed by atoms with Crippen LogP contribution in [-0.2, 0) is 0 Å². The first kappa shape index (κ1) is 16.3. The van der Waals surface area contributed by atoms with Gasteiger partial charge in [0.25, 0.3) is 0 Å². The Morgan fingerprint density at radius 2 is 1.91 bits per heavy atom. The number of hydrogen-bond acceptors (Lipinski definition) is 4. The van der Waals surface area contributed by atoms with E-state index < -0.39 is 0 Å². The minimum absolute atomic E-state index is 0.540. The van der Waals surface area contributed by atoms with E-state index in [9.17, 15) is 0 Å². The van der Waals surface area contributed by atoms with Crippen LogP contribution in [0.3, 0.4) is 0 Å². The van der Waals surface area contributed by atoms with Gasteiger partial charge in [0.05, 0.1) is 6.54 Å². The highest BCUT2D eigenvalue weighted by Gasteiger charge is 2.05. The number of anilines is 1. The highest BCUT2D eigenvalue weighted by molar-refractivity contribution is 5.44. The van der Waals surface area contributed by atoms with Crippen LogP contribution < -0.4 is 10.1 Å². The van der Waals surface area contributed by atoms with Crippen molar-refractivity contribution in [1.82, 2.24) is 9.97 Å². The van der Waals surface area contributed by atoms with Crippen LogP contribution in [0.25, 0.3) is 0 Å². The van der Waals surface area contributed by atoms with Crippen LogP contribution in [-0.4, -0.2) is 23.1 Å². The molecule has 22 heavy (non-hydrogen) atoms. The SMILES string of the molecule is Cc1cc(C(C)C)ccc1OCCNc1ncnc(C)c1C. The van der Waals surface area contributed by atoms with E-state index in [0.29, 0.717) is 19.1 Å². The maximum absolute atomic E-state index is 5.86. The van der Waals surface area contributed by atoms with Crippen molar-refractivity contribution in [1.29, 1.82) is 0 Å². The molecule has 0 aliphatic carbocycles. The van der Waals surface area contributed by atoms with Gasteiger partial charge in [-0.3, -0.25) is 0 Å². The largest absolute Gasteiger partial charge is 0.491 e. The van der Waals surface area contributed by atoms with E-state index in [2.05, 4.69) is 54.3 Å². The Labute approximate surface area is 133 Å². The van der Waals surface area contributed by atoms with Crippen LogP contribution in [0.4, 0.5) is 5.82 Å². The quantitative estimate of drug-likeness (QED) is 0.819. The fraction of sp³-hybridized carbons (Fsp3) is 0.444. The van der Waals surface area contributed by atoms with E-state index in [1.54, 1.807) is 6.33 Å². The zero-order chi connectivity index (χ0) is 16.1. The molecule has 1 aromatic heterocycles. The van der Waals surface area contributed by atoms with E-state index in [1.807, 2.05) is 13.8 Å². The van der Waals surface area contributed by atoms with Gasteiger partial charge in [-0.05, 0) is 43.9 Å². The fourth-order valence-electron chi connectivity index (χ4n) is 2.24. The number of aryl methyl sites for hydroxylation is 2. The molecule has 0 fully saturated rings. The van der Waals surface area contributed by atoms with E-state index in [0.717, 1.165) is 22.8 Å². The molecule has 1 N–H and O–H groups in total. The Balaban J connectivity index is 1.88. The number of rotatable bonds is 6. The van der Waals surface area contributed by atoms with Gasteiger partial charge in [-0.2, -0.15) is 0 Å². The van der Waals surface area contributed by atoms with Gasteiger partial charge in [-0.1, -0.05) is 26.0 Å². The highest BCUT2D eigenvalue weighted by atomic mass is 16.5. The van der Waals surface area contributed by atoms with E-state index in [1.165, 1.54) is 11.1 Å². The zero-order valence-corrected chi connectivity index (χ0v) is 14.1. The van der Waals surface area contributed by atoms with Gasteiger partial charge < -0.3 is 10.1 Å². The minimum atomic E-state index is 0.540. The molecule has 2 rings (SSSR count). The third-order valence-electron chi connectivity index (χ3n) is 3.85. The summed E-state index contributed by atoms with van der Waals surface area (Å²) < 4.78 is 5.86. The number of hydrogen-bond donors (Lipinski definition) is 1. The van der Waals surface area contributed by atoms with Crippen LogP contribution in [0.1, 0.15) is 42.1 Å². The van der Waals surface area contributed by atoms with Crippen molar-refractivity contribution in [2.24, 2.45) is 0 Å². The summed E-state index contributed by atoms with van der Waals surface area (Å²) >= 11 is 0. The summed E-state index contributed by atoms with van der Waals surface area (Å²) in [5, 5.41) is 3.30. The first-order chi connectivity index (χ1) is 10.5. The highest BCUT2D eigenvalue weighted by Crippen LogP contribution is 2.23. The molecule has 1 heterocycles. The van der Waals surface area contributed by atoms with Gasteiger partial charge in [0, 0.05) is 11.3 Å². The van der Waals surface area contributed by atoms with Crippen LogP contribution >= 0.6 is 0 Å². The summed E-state index contributed by atoms with van der Waals surface area (Å²) in [6.45, 7) is 11.8. The second-order valence-corrected chi connectivity index (χ2v) is 5.89. The summed E-state index contributed by atoms with van der Waals surface area (Å²) in [6.07, 6.45) is 1.58. The first-order valence-electron chi connectivity index (χ1n) is 7.74. The van der Waals surface area contributed by atoms with Crippen molar-refractivity contribution in [2.45, 2.75) is 40.5 Å². The molecular weight excluding hydrogens is 274 g/mol. The Morgan fingerprint density at radius 1 is 1.14 bits per heavy atom. The Hall–Kier alpha value is -2.10. The lowest BCUT2D eigenvalue weighted by molar-refractivity contribution is 0.330. The molecule has 0 unspecified atom stereocenters. The Bertz CT molecular complexity index is 638. The monoisotopic (exact) mass is 299 g/mol. The second-order valence-electron chi connectivity index (χ2n) is 5.89. The van der Waals surface area contributed by atoms with E-state index in [-0.39, 0.29) is 0 Å². The third-order valence-corrected chi connectivity index (χ3v) is 3.85. The summed E-state index contributed by atoms with van der Waals surface area (Å²) in [4.78, 5) is 8.42. The molecule has 0 atom stereocenters. The number of benzene rings is 1. The molecule has 0 amide bonds. The third kappa shape index (κ3) is 3.97. The summed E-state index contributed by atoms with van der Waals surface area (Å²) in [5.41, 5.74) is 4.61. The van der Waals surface area contributed by atoms with Crippen molar-refractivity contribution in [2.75, 3.05) is 18.5 Å². The maximum Gasteiger partial charge on any atom is 0.132 e.